The lowest BCUT2D eigenvalue weighted by Gasteiger charge is -2.39. The molecule has 3 atom stereocenters. The third-order valence-corrected chi connectivity index (χ3v) is 8.62. The zero-order valence-electron chi connectivity index (χ0n) is 12.4. The summed E-state index contributed by atoms with van der Waals surface area (Å²) in [5, 5.41) is 10.2. The predicted molar refractivity (Wildman–Crippen MR) is 77.2 cm³/mol. The fourth-order valence-electron chi connectivity index (χ4n) is 1.94. The lowest BCUT2D eigenvalue weighted by atomic mass is 10.1. The summed E-state index contributed by atoms with van der Waals surface area (Å²) in [6, 6.07) is 0. The van der Waals surface area contributed by atoms with Crippen molar-refractivity contribution in [3.8, 4) is 0 Å². The lowest BCUT2D eigenvalue weighted by Crippen LogP contribution is -2.48. The first kappa shape index (κ1) is 15.9. The number of aliphatic hydroxyl groups excluding tert-OH is 1. The van der Waals surface area contributed by atoms with E-state index in [0.29, 0.717) is 13.0 Å². The number of hydrogen-bond acceptors (Lipinski definition) is 3. The molecule has 1 unspecified atom stereocenters. The minimum atomic E-state index is -1.80. The first-order valence-electron chi connectivity index (χ1n) is 6.77. The van der Waals surface area contributed by atoms with Crippen molar-refractivity contribution < 1.29 is 14.3 Å². The third-order valence-electron chi connectivity index (χ3n) is 4.12. The van der Waals surface area contributed by atoms with Crippen LogP contribution in [0.4, 0.5) is 0 Å². The van der Waals surface area contributed by atoms with E-state index >= 15 is 0 Å². The van der Waals surface area contributed by atoms with Crippen LogP contribution in [0.25, 0.3) is 0 Å². The molecular weight excluding hydrogens is 244 g/mol. The molecule has 0 amide bonds. The molecule has 0 aromatic carbocycles. The molecule has 0 spiro atoms. The predicted octanol–water partition coefficient (Wildman–Crippen LogP) is 3.10. The van der Waals surface area contributed by atoms with Gasteiger partial charge in [-0.15, -0.1) is 6.58 Å². The molecule has 0 saturated carbocycles. The van der Waals surface area contributed by atoms with Crippen LogP contribution < -0.4 is 0 Å². The van der Waals surface area contributed by atoms with Crippen molar-refractivity contribution in [1.82, 2.24) is 0 Å². The molecule has 1 aliphatic heterocycles. The Kier molecular flexibility index (Phi) is 5.18. The van der Waals surface area contributed by atoms with E-state index in [1.54, 1.807) is 6.08 Å². The molecule has 0 bridgehead atoms. The van der Waals surface area contributed by atoms with Crippen LogP contribution in [-0.2, 0) is 9.16 Å². The van der Waals surface area contributed by atoms with E-state index in [1.807, 2.05) is 0 Å². The molecule has 1 aliphatic rings. The molecule has 4 heteroatoms. The smallest absolute Gasteiger partial charge is 0.192 e. The summed E-state index contributed by atoms with van der Waals surface area (Å²) in [7, 11) is -1.80. The first-order valence-corrected chi connectivity index (χ1v) is 9.68. The van der Waals surface area contributed by atoms with Gasteiger partial charge >= 0.3 is 0 Å². The highest BCUT2D eigenvalue weighted by atomic mass is 28.4. The summed E-state index contributed by atoms with van der Waals surface area (Å²) in [5.41, 5.74) is 0. The summed E-state index contributed by atoms with van der Waals surface area (Å²) < 4.78 is 12.0. The highest BCUT2D eigenvalue weighted by Gasteiger charge is 2.43. The summed E-state index contributed by atoms with van der Waals surface area (Å²) in [5.74, 6) is 0. The van der Waals surface area contributed by atoms with Crippen molar-refractivity contribution in [3.05, 3.63) is 12.7 Å². The van der Waals surface area contributed by atoms with E-state index in [-0.39, 0.29) is 17.2 Å². The number of hydrogen-bond donors (Lipinski definition) is 1. The first-order chi connectivity index (χ1) is 8.19. The molecular formula is C14H28O3Si. The van der Waals surface area contributed by atoms with Gasteiger partial charge in [-0.1, -0.05) is 26.8 Å². The summed E-state index contributed by atoms with van der Waals surface area (Å²) in [6.07, 6.45) is 2.50. The molecule has 106 valence electrons. The van der Waals surface area contributed by atoms with Gasteiger partial charge in [-0.05, 0) is 31.0 Å². The molecule has 0 aliphatic carbocycles. The maximum Gasteiger partial charge on any atom is 0.192 e. The van der Waals surface area contributed by atoms with Crippen molar-refractivity contribution in [2.75, 3.05) is 6.61 Å². The maximum absolute atomic E-state index is 10.1. The van der Waals surface area contributed by atoms with Crippen LogP contribution in [0.2, 0.25) is 18.1 Å². The van der Waals surface area contributed by atoms with Crippen molar-refractivity contribution in [2.24, 2.45) is 0 Å². The van der Waals surface area contributed by atoms with Gasteiger partial charge in [0.25, 0.3) is 0 Å². The van der Waals surface area contributed by atoms with E-state index in [0.717, 1.165) is 6.42 Å². The van der Waals surface area contributed by atoms with Crippen LogP contribution in [0, 0.1) is 0 Å². The van der Waals surface area contributed by atoms with Gasteiger partial charge in [0, 0.05) is 6.61 Å². The summed E-state index contributed by atoms with van der Waals surface area (Å²) in [4.78, 5) is 0. The minimum absolute atomic E-state index is 0.0286. The van der Waals surface area contributed by atoms with Crippen LogP contribution in [0.1, 0.15) is 33.6 Å². The van der Waals surface area contributed by atoms with Gasteiger partial charge in [-0.3, -0.25) is 0 Å². The van der Waals surface area contributed by atoms with Crippen LogP contribution in [0.15, 0.2) is 12.7 Å². The second-order valence-electron chi connectivity index (χ2n) is 6.63. The van der Waals surface area contributed by atoms with Gasteiger partial charge in [0.15, 0.2) is 8.32 Å². The average molecular weight is 272 g/mol. The zero-order chi connectivity index (χ0) is 14.0. The van der Waals surface area contributed by atoms with Gasteiger partial charge in [-0.2, -0.15) is 0 Å². The van der Waals surface area contributed by atoms with Crippen molar-refractivity contribution in [1.29, 1.82) is 0 Å². The van der Waals surface area contributed by atoms with Gasteiger partial charge in [0.05, 0.1) is 12.2 Å². The Morgan fingerprint density at radius 1 is 1.50 bits per heavy atom. The molecule has 1 heterocycles. The fourth-order valence-corrected chi connectivity index (χ4v) is 3.30. The van der Waals surface area contributed by atoms with E-state index < -0.39 is 14.4 Å². The highest BCUT2D eigenvalue weighted by molar-refractivity contribution is 6.74. The monoisotopic (exact) mass is 272 g/mol. The quantitative estimate of drug-likeness (QED) is 0.617. The van der Waals surface area contributed by atoms with Crippen molar-refractivity contribution >= 4 is 8.32 Å². The molecule has 0 aromatic heterocycles. The van der Waals surface area contributed by atoms with E-state index in [4.69, 9.17) is 9.16 Å². The molecule has 1 rings (SSSR count). The molecule has 0 radical (unpaired) electrons. The van der Waals surface area contributed by atoms with Gasteiger partial charge in [0.1, 0.15) is 6.10 Å². The SMILES string of the molecule is C=CC[C@H](O)[C@H]1OCCC1O[Si](C)(C)C(C)(C)C. The maximum atomic E-state index is 10.1. The van der Waals surface area contributed by atoms with Crippen molar-refractivity contribution in [2.45, 2.75) is 70.1 Å². The fraction of sp³-hybridized carbons (Fsp3) is 0.857. The molecule has 18 heavy (non-hydrogen) atoms. The average Bonchev–Trinajstić information content (AvgIpc) is 2.63. The van der Waals surface area contributed by atoms with Gasteiger partial charge in [0.2, 0.25) is 0 Å². The summed E-state index contributed by atoms with van der Waals surface area (Å²) in [6.45, 7) is 15.5. The molecule has 1 fully saturated rings. The minimum Gasteiger partial charge on any atom is -0.411 e. The highest BCUT2D eigenvalue weighted by Crippen LogP contribution is 2.39. The van der Waals surface area contributed by atoms with E-state index in [2.05, 4.69) is 40.4 Å². The second-order valence-corrected chi connectivity index (χ2v) is 11.4. The van der Waals surface area contributed by atoms with Crippen molar-refractivity contribution in [3.63, 3.8) is 0 Å². The van der Waals surface area contributed by atoms with Gasteiger partial charge in [-0.25, -0.2) is 0 Å². The number of rotatable bonds is 5. The Bertz CT molecular complexity index is 283. The zero-order valence-corrected chi connectivity index (χ0v) is 13.4. The Morgan fingerprint density at radius 2 is 2.11 bits per heavy atom. The molecule has 3 nitrogen and oxygen atoms in total. The van der Waals surface area contributed by atoms with Crippen LogP contribution in [0.5, 0.6) is 0 Å². The third kappa shape index (κ3) is 3.67. The standard InChI is InChI=1S/C14H28O3Si/c1-7-8-11(15)13-12(9-10-16-13)17-18(5,6)14(2,3)4/h7,11-13,15H,1,8-10H2,2-6H3/t11-,12?,13+/m0/s1. The lowest BCUT2D eigenvalue weighted by molar-refractivity contribution is -0.0399. The Balaban J connectivity index is 2.68. The van der Waals surface area contributed by atoms with Gasteiger partial charge < -0.3 is 14.3 Å². The molecule has 1 N–H and O–H groups in total. The Morgan fingerprint density at radius 3 is 2.61 bits per heavy atom. The number of aliphatic hydroxyl groups is 1. The van der Waals surface area contributed by atoms with Crippen LogP contribution >= 0.6 is 0 Å². The van der Waals surface area contributed by atoms with Crippen LogP contribution in [-0.4, -0.2) is 38.3 Å². The Hall–Kier alpha value is -0.163. The second kappa shape index (κ2) is 5.86. The molecule has 0 aromatic rings. The van der Waals surface area contributed by atoms with E-state index in [1.165, 1.54) is 0 Å². The van der Waals surface area contributed by atoms with Crippen LogP contribution in [0.3, 0.4) is 0 Å². The molecule has 1 saturated heterocycles. The largest absolute Gasteiger partial charge is 0.411 e. The number of ether oxygens (including phenoxy) is 1. The van der Waals surface area contributed by atoms with E-state index in [9.17, 15) is 5.11 Å². The topological polar surface area (TPSA) is 38.7 Å². The summed E-state index contributed by atoms with van der Waals surface area (Å²) >= 11 is 0. The normalized spacial score (nSPS) is 27.2. The Labute approximate surface area is 112 Å².